The highest BCUT2D eigenvalue weighted by atomic mass is 35.5. The van der Waals surface area contributed by atoms with Crippen molar-refractivity contribution in [1.82, 2.24) is 24.8 Å². The van der Waals surface area contributed by atoms with Crippen LogP contribution in [0.15, 0.2) is 48.5 Å². The molecule has 1 fully saturated rings. The minimum absolute atomic E-state index is 0.0613. The van der Waals surface area contributed by atoms with Crippen LogP contribution in [0, 0.1) is 0 Å². The predicted molar refractivity (Wildman–Crippen MR) is 159 cm³/mol. The highest BCUT2D eigenvalue weighted by molar-refractivity contribution is 7.46. The maximum atomic E-state index is 11.8. The number of aromatic nitrogens is 4. The van der Waals surface area contributed by atoms with Gasteiger partial charge in [0.15, 0.2) is 17.0 Å². The molecule has 15 heteroatoms. The van der Waals surface area contributed by atoms with E-state index in [2.05, 4.69) is 15.3 Å². The molecule has 0 unspecified atom stereocenters. The SMILES string of the molecule is CC(=O)NC1(C)CN(c2nc(OCC(C)(C)OP(=O)(O)O)nc3c2nc(-c2ccccc2Cl)n3-c2ccc(Cl)cc2)C1. The number of nitrogens with zero attached hydrogens (tertiary/aromatic N) is 5. The lowest BCUT2D eigenvalue weighted by Crippen LogP contribution is -2.68. The number of phosphoric acid groups is 1. The first-order valence-electron chi connectivity index (χ1n) is 12.9. The smallest absolute Gasteiger partial charge is 0.460 e. The Hall–Kier alpha value is -3.25. The van der Waals surface area contributed by atoms with Gasteiger partial charge in [-0.25, -0.2) is 9.55 Å². The average molecular weight is 635 g/mol. The Kier molecular flexibility index (Phi) is 7.99. The number of anilines is 1. The highest BCUT2D eigenvalue weighted by Crippen LogP contribution is 2.42. The Balaban J connectivity index is 1.68. The second kappa shape index (κ2) is 11.1. The fourth-order valence-corrected chi connectivity index (χ4v) is 5.95. The number of rotatable bonds is 9. The Morgan fingerprint density at radius 2 is 1.76 bits per heavy atom. The molecule has 3 heterocycles. The summed E-state index contributed by atoms with van der Waals surface area (Å²) in [4.78, 5) is 46.6. The van der Waals surface area contributed by atoms with Crippen molar-refractivity contribution in [3.8, 4) is 23.1 Å². The maximum Gasteiger partial charge on any atom is 0.470 e. The molecule has 5 rings (SSSR count). The Labute approximate surface area is 251 Å². The van der Waals surface area contributed by atoms with Crippen molar-refractivity contribution in [2.75, 3.05) is 24.6 Å². The van der Waals surface area contributed by atoms with Gasteiger partial charge in [0, 0.05) is 36.3 Å². The fourth-order valence-electron chi connectivity index (χ4n) is 4.90. The van der Waals surface area contributed by atoms with Crippen molar-refractivity contribution in [3.63, 3.8) is 0 Å². The van der Waals surface area contributed by atoms with Gasteiger partial charge in [0.1, 0.15) is 18.0 Å². The van der Waals surface area contributed by atoms with Crippen molar-refractivity contribution in [2.24, 2.45) is 0 Å². The van der Waals surface area contributed by atoms with E-state index >= 15 is 0 Å². The Morgan fingerprint density at radius 1 is 1.10 bits per heavy atom. The lowest BCUT2D eigenvalue weighted by atomic mass is 9.92. The van der Waals surface area contributed by atoms with E-state index < -0.39 is 19.0 Å². The first kappa shape index (κ1) is 30.2. The predicted octanol–water partition coefficient (Wildman–Crippen LogP) is 4.77. The summed E-state index contributed by atoms with van der Waals surface area (Å²) in [7, 11) is -4.78. The van der Waals surface area contributed by atoms with Crippen LogP contribution in [0.3, 0.4) is 0 Å². The van der Waals surface area contributed by atoms with Crippen LogP contribution >= 0.6 is 31.0 Å². The average Bonchev–Trinajstić information content (AvgIpc) is 3.24. The van der Waals surface area contributed by atoms with Crippen molar-refractivity contribution in [1.29, 1.82) is 0 Å². The van der Waals surface area contributed by atoms with Gasteiger partial charge in [-0.2, -0.15) is 9.97 Å². The summed E-state index contributed by atoms with van der Waals surface area (Å²) < 4.78 is 24.0. The molecule has 0 bridgehead atoms. The first-order chi connectivity index (χ1) is 19.6. The van der Waals surface area contributed by atoms with Crippen LogP contribution in [0.4, 0.5) is 5.82 Å². The van der Waals surface area contributed by atoms with Crippen LogP contribution in [0.2, 0.25) is 10.0 Å². The molecule has 0 aliphatic carbocycles. The van der Waals surface area contributed by atoms with Gasteiger partial charge in [-0.15, -0.1) is 0 Å². The van der Waals surface area contributed by atoms with Gasteiger partial charge in [-0.3, -0.25) is 13.9 Å². The number of hydrogen-bond donors (Lipinski definition) is 3. The van der Waals surface area contributed by atoms with Crippen LogP contribution in [-0.2, 0) is 13.9 Å². The number of amides is 1. The standard InChI is InChI=1S/C27H29Cl2N6O6P/c1-16(36)33-27(4)13-34(14-27)23-21-24(32-25(31-23)40-15-26(2,3)41-42(37,38)39)35(18-11-9-17(28)10-12-18)22(30-21)19-7-5-6-8-20(19)29/h5-12H,13-15H2,1-4H3,(H,33,36)(H2,37,38,39). The zero-order valence-electron chi connectivity index (χ0n) is 23.2. The molecule has 222 valence electrons. The number of carbonyl (C=O) groups excluding carboxylic acids is 1. The topological polar surface area (TPSA) is 152 Å². The molecule has 12 nitrogen and oxygen atoms in total. The molecule has 2 aromatic heterocycles. The number of imidazole rings is 1. The van der Waals surface area contributed by atoms with Crippen LogP contribution in [0.1, 0.15) is 27.7 Å². The molecule has 1 saturated heterocycles. The lowest BCUT2D eigenvalue weighted by Gasteiger charge is -2.48. The number of hydrogen-bond acceptors (Lipinski definition) is 8. The summed E-state index contributed by atoms with van der Waals surface area (Å²) >= 11 is 12.8. The summed E-state index contributed by atoms with van der Waals surface area (Å²) in [5.41, 5.74) is 0.370. The molecule has 1 aliphatic heterocycles. The van der Waals surface area contributed by atoms with E-state index in [4.69, 9.17) is 37.4 Å². The number of nitrogens with one attached hydrogen (secondary N) is 1. The second-order valence-corrected chi connectivity index (χ2v) is 13.0. The molecule has 0 atom stereocenters. The minimum atomic E-state index is -4.78. The van der Waals surface area contributed by atoms with Gasteiger partial charge in [0.05, 0.1) is 10.6 Å². The molecule has 4 aromatic rings. The summed E-state index contributed by atoms with van der Waals surface area (Å²) in [6.45, 7) is 6.98. The molecule has 0 saturated carbocycles. The van der Waals surface area contributed by atoms with Gasteiger partial charge < -0.3 is 24.7 Å². The normalized spacial score (nSPS) is 15.0. The minimum Gasteiger partial charge on any atom is -0.460 e. The summed E-state index contributed by atoms with van der Waals surface area (Å²) in [6.07, 6.45) is 0. The van der Waals surface area contributed by atoms with E-state index in [-0.39, 0.29) is 18.5 Å². The summed E-state index contributed by atoms with van der Waals surface area (Å²) in [5.74, 6) is 0.808. The number of carbonyl (C=O) groups is 1. The highest BCUT2D eigenvalue weighted by Gasteiger charge is 2.42. The molecule has 1 aliphatic rings. The second-order valence-electron chi connectivity index (χ2n) is 11.0. The molecule has 42 heavy (non-hydrogen) atoms. The molecule has 2 aromatic carbocycles. The van der Waals surface area contributed by atoms with E-state index in [0.717, 1.165) is 0 Å². The Morgan fingerprint density at radius 3 is 2.38 bits per heavy atom. The largest absolute Gasteiger partial charge is 0.470 e. The zero-order valence-corrected chi connectivity index (χ0v) is 25.6. The van der Waals surface area contributed by atoms with Gasteiger partial charge in [0.2, 0.25) is 5.91 Å². The monoisotopic (exact) mass is 634 g/mol. The molecular weight excluding hydrogens is 606 g/mol. The molecular formula is C27H29Cl2N6O6P. The maximum absolute atomic E-state index is 11.8. The molecule has 0 radical (unpaired) electrons. The van der Waals surface area contributed by atoms with Gasteiger partial charge in [-0.05, 0) is 57.2 Å². The molecule has 1 amide bonds. The Bertz CT molecular complexity index is 1700. The third kappa shape index (κ3) is 6.54. The number of fused-ring (bicyclic) bond motifs is 1. The number of benzene rings is 2. The van der Waals surface area contributed by atoms with E-state index in [9.17, 15) is 19.1 Å². The molecule has 0 spiro atoms. The third-order valence-electron chi connectivity index (χ3n) is 6.44. The third-order valence-corrected chi connectivity index (χ3v) is 7.75. The quantitative estimate of drug-likeness (QED) is 0.219. The number of phosphoric ester groups is 1. The van der Waals surface area contributed by atoms with Crippen molar-refractivity contribution in [3.05, 3.63) is 58.6 Å². The lowest BCUT2D eigenvalue weighted by molar-refractivity contribution is -0.121. The van der Waals surface area contributed by atoms with E-state index in [1.165, 1.54) is 20.8 Å². The van der Waals surface area contributed by atoms with Crippen LogP contribution < -0.4 is 15.0 Å². The van der Waals surface area contributed by atoms with Gasteiger partial charge in [-0.1, -0.05) is 35.3 Å². The van der Waals surface area contributed by atoms with Gasteiger partial charge in [0.25, 0.3) is 0 Å². The van der Waals surface area contributed by atoms with Crippen LogP contribution in [-0.4, -0.2) is 66.0 Å². The van der Waals surface area contributed by atoms with E-state index in [0.29, 0.717) is 57.2 Å². The van der Waals surface area contributed by atoms with Crippen molar-refractivity contribution in [2.45, 2.75) is 38.8 Å². The molecule has 3 N–H and O–H groups in total. The van der Waals surface area contributed by atoms with Gasteiger partial charge >= 0.3 is 13.8 Å². The fraction of sp³-hybridized carbons (Fsp3) is 0.333. The summed E-state index contributed by atoms with van der Waals surface area (Å²) in [6, 6.07) is 14.4. The zero-order chi connectivity index (χ0) is 30.4. The van der Waals surface area contributed by atoms with Crippen LogP contribution in [0.25, 0.3) is 28.2 Å². The first-order valence-corrected chi connectivity index (χ1v) is 15.2. The van der Waals surface area contributed by atoms with E-state index in [1.807, 2.05) is 46.7 Å². The van der Waals surface area contributed by atoms with Crippen molar-refractivity contribution >= 4 is 53.9 Å². The van der Waals surface area contributed by atoms with Crippen molar-refractivity contribution < 1.29 is 28.4 Å². The van der Waals surface area contributed by atoms with Crippen LogP contribution in [0.5, 0.6) is 6.01 Å². The summed E-state index contributed by atoms with van der Waals surface area (Å²) in [5, 5.41) is 3.99. The van der Waals surface area contributed by atoms with E-state index in [1.54, 1.807) is 18.2 Å². The number of halogens is 2. The number of ether oxygens (including phenoxy) is 1.